The molecule has 0 bridgehead atoms. The molecule has 176 valence electrons. The number of aromatic nitrogens is 4. The molecule has 1 aromatic carbocycles. The van der Waals surface area contributed by atoms with Gasteiger partial charge < -0.3 is 22.0 Å². The van der Waals surface area contributed by atoms with Gasteiger partial charge in [-0.3, -0.25) is 19.3 Å². The molecule has 3 heterocycles. The van der Waals surface area contributed by atoms with E-state index < -0.39 is 36.8 Å². The van der Waals surface area contributed by atoms with Crippen molar-refractivity contribution >= 4 is 35.0 Å². The van der Waals surface area contributed by atoms with Crippen LogP contribution in [-0.4, -0.2) is 32.7 Å². The fourth-order valence-corrected chi connectivity index (χ4v) is 2.65. The summed E-state index contributed by atoms with van der Waals surface area (Å²) in [6.45, 7) is -0.583. The van der Waals surface area contributed by atoms with E-state index in [0.29, 0.717) is 21.8 Å². The van der Waals surface area contributed by atoms with Crippen LogP contribution in [0.25, 0.3) is 21.8 Å². The van der Waals surface area contributed by atoms with Crippen molar-refractivity contribution < 1.29 is 48.3 Å². The van der Waals surface area contributed by atoms with Crippen LogP contribution in [0, 0.1) is 5.82 Å². The second kappa shape index (κ2) is 10.4. The van der Waals surface area contributed by atoms with Gasteiger partial charge in [0.15, 0.2) is 0 Å². The molecule has 0 aliphatic rings. The maximum absolute atomic E-state index is 13.3. The van der Waals surface area contributed by atoms with E-state index in [-0.39, 0.29) is 22.9 Å². The summed E-state index contributed by atoms with van der Waals surface area (Å²) >= 11 is 0. The number of carbonyl (C=O) groups is 1. The van der Waals surface area contributed by atoms with Crippen LogP contribution in [0.3, 0.4) is 0 Å². The number of ether oxygens (including phenoxy) is 1. The van der Waals surface area contributed by atoms with Crippen molar-refractivity contribution in [3.63, 3.8) is 0 Å². The Kier molecular flexibility index (Phi) is 8.06. The molecule has 0 unspecified atom stereocenters. The van der Waals surface area contributed by atoms with E-state index in [9.17, 15) is 36.0 Å². The zero-order valence-electron chi connectivity index (χ0n) is 16.1. The van der Waals surface area contributed by atoms with Gasteiger partial charge in [0.2, 0.25) is 11.7 Å². The van der Waals surface area contributed by atoms with E-state index in [1.165, 1.54) is 6.07 Å². The third kappa shape index (κ3) is 6.95. The number of nitrogens with one attached hydrogen (secondary N) is 1. The largest absolute Gasteiger partial charge is 1.00 e. The molecule has 0 fully saturated rings. The molecule has 3 aromatic heterocycles. The smallest absolute Gasteiger partial charge is 0.418 e. The van der Waals surface area contributed by atoms with Crippen molar-refractivity contribution in [1.29, 1.82) is 0 Å². The second-order valence-corrected chi connectivity index (χ2v) is 6.20. The molecular weight excluding hydrogens is 506 g/mol. The van der Waals surface area contributed by atoms with Crippen LogP contribution >= 0.6 is 0 Å². The standard InChI is InChI=1S/C18H11FN4O4.BF4.Cu/c19-12-8-23(18(26)22-17(12)25)9-14(24)27-13-6-5-11-4-3-10-2-1-7-20-15(10)16(11)21-13;2-1(3,4)5;/h1-8H,9H2,(H,22,25,26);;/q;-1;+1. The van der Waals surface area contributed by atoms with Gasteiger partial charge in [-0.15, -0.1) is 0 Å². The van der Waals surface area contributed by atoms with Crippen molar-refractivity contribution in [2.45, 2.75) is 6.54 Å². The molecule has 4 aromatic rings. The number of hydrogen-bond donors (Lipinski definition) is 1. The topological polar surface area (TPSA) is 107 Å². The number of aromatic amines is 1. The minimum absolute atomic E-state index is 0. The fourth-order valence-electron chi connectivity index (χ4n) is 2.65. The molecular formula is C18H11BCuF5N4O4. The molecule has 4 rings (SSSR count). The molecule has 0 spiro atoms. The molecule has 15 heteroatoms. The maximum atomic E-state index is 13.3. The van der Waals surface area contributed by atoms with Crippen LogP contribution < -0.4 is 16.0 Å². The molecule has 0 aliphatic carbocycles. The van der Waals surface area contributed by atoms with Crippen LogP contribution in [0.2, 0.25) is 0 Å². The minimum atomic E-state index is -6.00. The summed E-state index contributed by atoms with van der Waals surface area (Å²) < 4.78 is 58.1. The Morgan fingerprint density at radius 3 is 2.30 bits per heavy atom. The molecule has 8 nitrogen and oxygen atoms in total. The number of pyridine rings is 2. The predicted octanol–water partition coefficient (Wildman–Crippen LogP) is 2.68. The number of esters is 1. The summed E-state index contributed by atoms with van der Waals surface area (Å²) in [6.07, 6.45) is 2.28. The van der Waals surface area contributed by atoms with Gasteiger partial charge in [0.05, 0.1) is 11.7 Å². The number of benzene rings is 1. The van der Waals surface area contributed by atoms with Gasteiger partial charge in [0.1, 0.15) is 12.1 Å². The predicted molar refractivity (Wildman–Crippen MR) is 104 cm³/mol. The molecule has 1 N–H and O–H groups in total. The first kappa shape index (κ1) is 25.7. The molecule has 0 radical (unpaired) electrons. The summed E-state index contributed by atoms with van der Waals surface area (Å²) in [6, 6.07) is 10.7. The van der Waals surface area contributed by atoms with Crippen molar-refractivity contribution in [3.8, 4) is 5.88 Å². The maximum Gasteiger partial charge on any atom is 1.00 e. The van der Waals surface area contributed by atoms with Gasteiger partial charge in [-0.1, -0.05) is 18.2 Å². The van der Waals surface area contributed by atoms with Crippen LogP contribution in [0.1, 0.15) is 0 Å². The van der Waals surface area contributed by atoms with Gasteiger partial charge in [0, 0.05) is 23.0 Å². The molecule has 0 atom stereocenters. The van der Waals surface area contributed by atoms with E-state index in [4.69, 9.17) is 4.74 Å². The number of nitrogens with zero attached hydrogens (tertiary/aromatic N) is 3. The van der Waals surface area contributed by atoms with Crippen LogP contribution in [0.5, 0.6) is 5.88 Å². The third-order valence-corrected chi connectivity index (χ3v) is 3.89. The first-order valence-corrected chi connectivity index (χ1v) is 8.73. The number of rotatable bonds is 3. The molecule has 0 aliphatic heterocycles. The molecule has 33 heavy (non-hydrogen) atoms. The fraction of sp³-hybridized carbons (Fsp3) is 0.0556. The van der Waals surface area contributed by atoms with Gasteiger partial charge in [0.25, 0.3) is 5.56 Å². The van der Waals surface area contributed by atoms with Crippen molar-refractivity contribution in [3.05, 3.63) is 75.4 Å². The Morgan fingerprint density at radius 2 is 1.64 bits per heavy atom. The van der Waals surface area contributed by atoms with Crippen molar-refractivity contribution in [1.82, 2.24) is 19.5 Å². The Labute approximate surface area is 191 Å². The molecule has 0 saturated carbocycles. The monoisotopic (exact) mass is 516 g/mol. The quantitative estimate of drug-likeness (QED) is 0.194. The zero-order valence-corrected chi connectivity index (χ0v) is 17.0. The average molecular weight is 517 g/mol. The van der Waals surface area contributed by atoms with E-state index in [1.54, 1.807) is 23.3 Å². The van der Waals surface area contributed by atoms with Crippen LogP contribution in [0.4, 0.5) is 21.7 Å². The number of fused-ring (bicyclic) bond motifs is 3. The Morgan fingerprint density at radius 1 is 1.03 bits per heavy atom. The number of H-pyrrole nitrogens is 1. The zero-order chi connectivity index (χ0) is 23.5. The summed E-state index contributed by atoms with van der Waals surface area (Å²) in [4.78, 5) is 45.1. The van der Waals surface area contributed by atoms with E-state index in [2.05, 4.69) is 9.97 Å². The van der Waals surface area contributed by atoms with Crippen LogP contribution in [0.15, 0.2) is 58.4 Å². The molecule has 0 saturated heterocycles. The first-order chi connectivity index (χ1) is 15.0. The molecule has 0 amide bonds. The number of halogens is 5. The third-order valence-electron chi connectivity index (χ3n) is 3.89. The van der Waals surface area contributed by atoms with Gasteiger partial charge >= 0.3 is 36.0 Å². The van der Waals surface area contributed by atoms with E-state index >= 15 is 0 Å². The van der Waals surface area contributed by atoms with Crippen molar-refractivity contribution in [2.24, 2.45) is 0 Å². The van der Waals surface area contributed by atoms with E-state index in [1.807, 2.05) is 18.2 Å². The van der Waals surface area contributed by atoms with Gasteiger partial charge in [-0.2, -0.15) is 4.39 Å². The van der Waals surface area contributed by atoms with Crippen LogP contribution in [-0.2, 0) is 28.4 Å². The number of carbonyl (C=O) groups excluding carboxylic acids is 1. The second-order valence-electron chi connectivity index (χ2n) is 6.20. The number of hydrogen-bond acceptors (Lipinski definition) is 6. The van der Waals surface area contributed by atoms with Gasteiger partial charge in [-0.25, -0.2) is 14.6 Å². The van der Waals surface area contributed by atoms with Crippen molar-refractivity contribution in [2.75, 3.05) is 0 Å². The normalized spacial score (nSPS) is 10.8. The Bertz CT molecular complexity index is 1420. The summed E-state index contributed by atoms with van der Waals surface area (Å²) in [7, 11) is -6.00. The Hall–Kier alpha value is -3.58. The summed E-state index contributed by atoms with van der Waals surface area (Å²) in [5.74, 6) is -2.00. The van der Waals surface area contributed by atoms with Gasteiger partial charge in [-0.05, 0) is 12.1 Å². The van der Waals surface area contributed by atoms with E-state index in [0.717, 1.165) is 10.8 Å². The summed E-state index contributed by atoms with van der Waals surface area (Å²) in [5, 5.41) is 1.70. The summed E-state index contributed by atoms with van der Waals surface area (Å²) in [5.41, 5.74) is -0.849. The Balaban J connectivity index is 0.000000583. The average Bonchev–Trinajstić information content (AvgIpc) is 2.70. The SMILES string of the molecule is F[B-](F)(F)F.O=C(Cn1cc(F)c(=O)[nH]c1=O)Oc1ccc2ccc3cccnc3c2n1.[Cu+]. The minimum Gasteiger partial charge on any atom is -0.418 e. The first-order valence-electron chi connectivity index (χ1n) is 8.73.